The zero-order valence-corrected chi connectivity index (χ0v) is 13.0. The van der Waals surface area contributed by atoms with E-state index in [2.05, 4.69) is 36.2 Å². The Morgan fingerprint density at radius 1 is 1.19 bits per heavy atom. The molecular formula is C16H13NO2S2. The zero-order valence-electron chi connectivity index (χ0n) is 11.4. The Bertz CT molecular complexity index is 730. The predicted molar refractivity (Wildman–Crippen MR) is 85.7 cm³/mol. The van der Waals surface area contributed by atoms with Gasteiger partial charge in [-0.2, -0.15) is 11.3 Å². The van der Waals surface area contributed by atoms with Crippen molar-refractivity contribution in [3.63, 3.8) is 0 Å². The lowest BCUT2D eigenvalue weighted by Gasteiger charge is -2.00. The summed E-state index contributed by atoms with van der Waals surface area (Å²) in [6, 6.07) is 9.98. The highest BCUT2D eigenvalue weighted by Gasteiger charge is 2.10. The molecule has 5 heteroatoms. The Balaban J connectivity index is 1.65. The highest BCUT2D eigenvalue weighted by Crippen LogP contribution is 2.24. The van der Waals surface area contributed by atoms with E-state index in [1.807, 2.05) is 10.8 Å². The Labute approximate surface area is 130 Å². The summed E-state index contributed by atoms with van der Waals surface area (Å²) in [5, 5.41) is 6.50. The van der Waals surface area contributed by atoms with Crippen molar-refractivity contribution in [3.8, 4) is 10.6 Å². The maximum Gasteiger partial charge on any atom is 0.339 e. The first-order chi connectivity index (χ1) is 10.2. The van der Waals surface area contributed by atoms with E-state index >= 15 is 0 Å². The largest absolute Gasteiger partial charge is 0.456 e. The highest BCUT2D eigenvalue weighted by molar-refractivity contribution is 7.13. The lowest BCUT2D eigenvalue weighted by molar-refractivity contribution is 0.0469. The Hall–Kier alpha value is -1.98. The standard InChI is InChI=1S/C16H13NO2S2/c1-11-2-4-12(5-3-11)15-17-14(10-21-15)8-19-16(18)13-6-7-20-9-13/h2-7,9-10H,8H2,1H3. The molecule has 0 saturated heterocycles. The van der Waals surface area contributed by atoms with Crippen molar-refractivity contribution >= 4 is 28.6 Å². The summed E-state index contributed by atoms with van der Waals surface area (Å²) in [5.74, 6) is -0.305. The molecule has 0 saturated carbocycles. The molecule has 0 N–H and O–H groups in total. The smallest absolute Gasteiger partial charge is 0.339 e. The van der Waals surface area contributed by atoms with Crippen LogP contribution in [-0.4, -0.2) is 11.0 Å². The van der Waals surface area contributed by atoms with Crippen LogP contribution in [0.5, 0.6) is 0 Å². The van der Waals surface area contributed by atoms with Crippen LogP contribution in [0.1, 0.15) is 21.6 Å². The van der Waals surface area contributed by atoms with Crippen molar-refractivity contribution in [2.75, 3.05) is 0 Å². The predicted octanol–water partition coefficient (Wildman–Crippen LogP) is 4.54. The number of carbonyl (C=O) groups is 1. The van der Waals surface area contributed by atoms with Crippen molar-refractivity contribution < 1.29 is 9.53 Å². The fourth-order valence-electron chi connectivity index (χ4n) is 1.81. The van der Waals surface area contributed by atoms with E-state index in [4.69, 9.17) is 4.74 Å². The number of ether oxygens (including phenoxy) is 1. The zero-order chi connectivity index (χ0) is 14.7. The minimum absolute atomic E-state index is 0.205. The molecule has 0 aliphatic heterocycles. The van der Waals surface area contributed by atoms with Crippen molar-refractivity contribution in [3.05, 3.63) is 63.3 Å². The molecule has 0 amide bonds. The Morgan fingerprint density at radius 3 is 2.71 bits per heavy atom. The summed E-state index contributed by atoms with van der Waals surface area (Å²) < 4.78 is 5.25. The molecule has 3 rings (SSSR count). The number of benzene rings is 1. The van der Waals surface area contributed by atoms with Crippen LogP contribution in [0.15, 0.2) is 46.5 Å². The summed E-state index contributed by atoms with van der Waals surface area (Å²) in [7, 11) is 0. The number of hydrogen-bond donors (Lipinski definition) is 0. The normalized spacial score (nSPS) is 10.5. The van der Waals surface area contributed by atoms with E-state index in [1.165, 1.54) is 16.9 Å². The number of thiophene rings is 1. The molecule has 2 heterocycles. The third kappa shape index (κ3) is 3.37. The van der Waals surface area contributed by atoms with Crippen LogP contribution in [0.25, 0.3) is 10.6 Å². The first-order valence-corrected chi connectivity index (χ1v) is 8.25. The fraction of sp³-hybridized carbons (Fsp3) is 0.125. The maximum atomic E-state index is 11.8. The van der Waals surface area contributed by atoms with Crippen molar-refractivity contribution in [2.45, 2.75) is 13.5 Å². The van der Waals surface area contributed by atoms with E-state index in [1.54, 1.807) is 22.8 Å². The Kier molecular flexibility index (Phi) is 4.13. The quantitative estimate of drug-likeness (QED) is 0.664. The van der Waals surface area contributed by atoms with Crippen LogP contribution < -0.4 is 0 Å². The second-order valence-corrected chi connectivity index (χ2v) is 6.24. The number of hydrogen-bond acceptors (Lipinski definition) is 5. The molecule has 0 aliphatic rings. The monoisotopic (exact) mass is 315 g/mol. The summed E-state index contributed by atoms with van der Waals surface area (Å²) in [5.41, 5.74) is 3.68. The topological polar surface area (TPSA) is 39.2 Å². The van der Waals surface area contributed by atoms with Gasteiger partial charge in [-0.05, 0) is 18.4 Å². The third-order valence-electron chi connectivity index (χ3n) is 2.96. The molecule has 0 bridgehead atoms. The molecule has 3 nitrogen and oxygen atoms in total. The summed E-state index contributed by atoms with van der Waals surface area (Å²) in [6.45, 7) is 2.26. The van der Waals surface area contributed by atoms with Crippen LogP contribution in [0.4, 0.5) is 0 Å². The third-order valence-corrected chi connectivity index (χ3v) is 4.58. The average Bonchev–Trinajstić information content (AvgIpc) is 3.17. The number of carbonyl (C=O) groups excluding carboxylic acids is 1. The number of aryl methyl sites for hydroxylation is 1. The van der Waals surface area contributed by atoms with Crippen molar-refractivity contribution in [2.24, 2.45) is 0 Å². The van der Waals surface area contributed by atoms with Gasteiger partial charge >= 0.3 is 5.97 Å². The van der Waals surface area contributed by atoms with Gasteiger partial charge in [0.05, 0.1) is 11.3 Å². The van der Waals surface area contributed by atoms with E-state index in [0.717, 1.165) is 16.3 Å². The van der Waals surface area contributed by atoms with Crippen LogP contribution in [0.3, 0.4) is 0 Å². The minimum atomic E-state index is -0.305. The second-order valence-electron chi connectivity index (χ2n) is 4.60. The Morgan fingerprint density at radius 2 is 2.00 bits per heavy atom. The van der Waals surface area contributed by atoms with E-state index in [0.29, 0.717) is 5.56 Å². The van der Waals surface area contributed by atoms with Gasteiger partial charge in [-0.3, -0.25) is 0 Å². The number of thiazole rings is 1. The van der Waals surface area contributed by atoms with E-state index < -0.39 is 0 Å². The van der Waals surface area contributed by atoms with Crippen LogP contribution in [-0.2, 0) is 11.3 Å². The number of esters is 1. The molecule has 0 atom stereocenters. The molecule has 2 aromatic heterocycles. The lowest BCUT2D eigenvalue weighted by atomic mass is 10.2. The van der Waals surface area contributed by atoms with Gasteiger partial charge in [0.2, 0.25) is 0 Å². The first kappa shape index (κ1) is 14.0. The van der Waals surface area contributed by atoms with Gasteiger partial charge in [-0.25, -0.2) is 9.78 Å². The SMILES string of the molecule is Cc1ccc(-c2nc(COC(=O)c3ccsc3)cs2)cc1. The minimum Gasteiger partial charge on any atom is -0.456 e. The summed E-state index contributed by atoms with van der Waals surface area (Å²) >= 11 is 3.03. The van der Waals surface area contributed by atoms with E-state index in [9.17, 15) is 4.79 Å². The van der Waals surface area contributed by atoms with Crippen LogP contribution in [0, 0.1) is 6.92 Å². The number of rotatable bonds is 4. The number of nitrogens with zero attached hydrogens (tertiary/aromatic N) is 1. The van der Waals surface area contributed by atoms with Crippen molar-refractivity contribution in [1.82, 2.24) is 4.98 Å². The van der Waals surface area contributed by atoms with Gasteiger partial charge in [0.25, 0.3) is 0 Å². The van der Waals surface area contributed by atoms with Gasteiger partial charge in [0, 0.05) is 16.3 Å². The maximum absolute atomic E-state index is 11.8. The first-order valence-electron chi connectivity index (χ1n) is 6.43. The molecular weight excluding hydrogens is 302 g/mol. The van der Waals surface area contributed by atoms with Gasteiger partial charge in [0.15, 0.2) is 0 Å². The van der Waals surface area contributed by atoms with E-state index in [-0.39, 0.29) is 12.6 Å². The van der Waals surface area contributed by atoms with Crippen LogP contribution >= 0.6 is 22.7 Å². The fourth-order valence-corrected chi connectivity index (χ4v) is 3.24. The molecule has 0 radical (unpaired) electrons. The summed E-state index contributed by atoms with van der Waals surface area (Å²) in [6.07, 6.45) is 0. The molecule has 21 heavy (non-hydrogen) atoms. The average molecular weight is 315 g/mol. The molecule has 3 aromatic rings. The molecule has 1 aromatic carbocycles. The van der Waals surface area contributed by atoms with Gasteiger partial charge in [0.1, 0.15) is 11.6 Å². The lowest BCUT2D eigenvalue weighted by Crippen LogP contribution is -2.03. The molecule has 0 aliphatic carbocycles. The van der Waals surface area contributed by atoms with Crippen LogP contribution in [0.2, 0.25) is 0 Å². The van der Waals surface area contributed by atoms with Crippen molar-refractivity contribution in [1.29, 1.82) is 0 Å². The molecule has 0 fully saturated rings. The molecule has 106 valence electrons. The molecule has 0 unspecified atom stereocenters. The van der Waals surface area contributed by atoms with Gasteiger partial charge in [-0.1, -0.05) is 29.8 Å². The number of aromatic nitrogens is 1. The van der Waals surface area contributed by atoms with Gasteiger partial charge in [-0.15, -0.1) is 11.3 Å². The molecule has 0 spiro atoms. The highest BCUT2D eigenvalue weighted by atomic mass is 32.1. The summed E-state index contributed by atoms with van der Waals surface area (Å²) in [4.78, 5) is 16.3. The second kappa shape index (κ2) is 6.20. The van der Waals surface area contributed by atoms with Gasteiger partial charge < -0.3 is 4.74 Å².